The van der Waals surface area contributed by atoms with E-state index < -0.39 is 5.54 Å². The molecule has 4 nitrogen and oxygen atoms in total. The molecule has 6 heteroatoms. The summed E-state index contributed by atoms with van der Waals surface area (Å²) in [5, 5.41) is 0.478. The van der Waals surface area contributed by atoms with E-state index in [1.165, 1.54) is 17.8 Å². The predicted octanol–water partition coefficient (Wildman–Crippen LogP) is 3.82. The van der Waals surface area contributed by atoms with Gasteiger partial charge in [0.1, 0.15) is 11.6 Å². The molecule has 0 aliphatic carbocycles. The molecule has 0 aromatic heterocycles. The van der Waals surface area contributed by atoms with E-state index in [9.17, 15) is 9.18 Å². The summed E-state index contributed by atoms with van der Waals surface area (Å²) >= 11 is 1.48. The lowest BCUT2D eigenvalue weighted by Crippen LogP contribution is -2.29. The van der Waals surface area contributed by atoms with Crippen LogP contribution in [0.1, 0.15) is 36.5 Å². The topological polar surface area (TPSA) is 81.5 Å². The van der Waals surface area contributed by atoms with E-state index in [1.54, 1.807) is 12.1 Å². The highest BCUT2D eigenvalue weighted by Gasteiger charge is 2.32. The number of aryl methyl sites for hydroxylation is 1. The zero-order chi connectivity index (χ0) is 19.4. The standard InChI is InChI=1S/C21H24FN3OS/c1-21(9-10-27-20(24)25-21)18-13-15(6-8-19(18)22)12-17(26)7-5-14-3-2-4-16(23)11-14/h2-4,6,8,11,13H,5,7,9-10,12,23H2,1H3,(H2,24,25)/t21-/m0/s1. The first-order valence-electron chi connectivity index (χ1n) is 8.99. The Kier molecular flexibility index (Phi) is 5.85. The van der Waals surface area contributed by atoms with Gasteiger partial charge in [-0.05, 0) is 49.1 Å². The summed E-state index contributed by atoms with van der Waals surface area (Å²) in [6.07, 6.45) is 2.06. The van der Waals surface area contributed by atoms with E-state index in [0.717, 1.165) is 16.9 Å². The van der Waals surface area contributed by atoms with Gasteiger partial charge in [0.25, 0.3) is 0 Å². The summed E-state index contributed by atoms with van der Waals surface area (Å²) in [5.41, 5.74) is 14.0. The van der Waals surface area contributed by atoms with E-state index in [-0.39, 0.29) is 18.0 Å². The summed E-state index contributed by atoms with van der Waals surface area (Å²) < 4.78 is 14.5. The number of carbonyl (C=O) groups excluding carboxylic acids is 1. The number of anilines is 1. The lowest BCUT2D eigenvalue weighted by molar-refractivity contribution is -0.118. The van der Waals surface area contributed by atoms with Crippen molar-refractivity contribution in [3.05, 3.63) is 65.0 Å². The third-order valence-electron chi connectivity index (χ3n) is 4.85. The Labute approximate surface area is 163 Å². The van der Waals surface area contributed by atoms with Crippen LogP contribution < -0.4 is 11.5 Å². The second-order valence-corrected chi connectivity index (χ2v) is 8.21. The Hall–Kier alpha value is -2.34. The molecule has 0 amide bonds. The molecule has 2 aromatic carbocycles. The largest absolute Gasteiger partial charge is 0.399 e. The fourth-order valence-corrected chi connectivity index (χ4v) is 4.30. The normalized spacial score (nSPS) is 19.6. The predicted molar refractivity (Wildman–Crippen MR) is 110 cm³/mol. The molecule has 1 atom stereocenters. The fourth-order valence-electron chi connectivity index (χ4n) is 3.32. The number of amidine groups is 1. The third kappa shape index (κ3) is 4.89. The van der Waals surface area contributed by atoms with Gasteiger partial charge in [0, 0.05) is 29.8 Å². The number of ketones is 1. The number of rotatable bonds is 6. The molecular formula is C21H24FN3OS. The molecule has 3 rings (SSSR count). The summed E-state index contributed by atoms with van der Waals surface area (Å²) in [4.78, 5) is 16.9. The van der Waals surface area contributed by atoms with Gasteiger partial charge in [0.05, 0.1) is 5.54 Å². The maximum atomic E-state index is 14.5. The molecule has 0 spiro atoms. The van der Waals surface area contributed by atoms with Gasteiger partial charge in [-0.15, -0.1) is 0 Å². The number of halogens is 1. The second kappa shape index (κ2) is 8.13. The molecule has 1 aliphatic heterocycles. The molecule has 142 valence electrons. The average Bonchev–Trinajstić information content (AvgIpc) is 2.61. The van der Waals surface area contributed by atoms with E-state index in [0.29, 0.717) is 35.7 Å². The van der Waals surface area contributed by atoms with Crippen molar-refractivity contribution in [1.29, 1.82) is 0 Å². The Morgan fingerprint density at radius 2 is 2.04 bits per heavy atom. The summed E-state index contributed by atoms with van der Waals surface area (Å²) in [5.74, 6) is 0.605. The van der Waals surface area contributed by atoms with E-state index >= 15 is 0 Å². The molecule has 27 heavy (non-hydrogen) atoms. The molecule has 0 fully saturated rings. The number of nitrogen functional groups attached to an aromatic ring is 1. The van der Waals surface area contributed by atoms with Crippen LogP contribution in [0.5, 0.6) is 0 Å². The fraction of sp³-hybridized carbons (Fsp3) is 0.333. The molecule has 2 aromatic rings. The molecular weight excluding hydrogens is 361 g/mol. The van der Waals surface area contributed by atoms with Crippen molar-refractivity contribution in [2.75, 3.05) is 11.5 Å². The van der Waals surface area contributed by atoms with Crippen LogP contribution in [0.3, 0.4) is 0 Å². The summed E-state index contributed by atoms with van der Waals surface area (Å²) in [6, 6.07) is 12.4. The van der Waals surface area contributed by atoms with Gasteiger partial charge < -0.3 is 11.5 Å². The Balaban J connectivity index is 1.70. The number of aliphatic imine (C=N–C) groups is 1. The molecule has 4 N–H and O–H groups in total. The van der Waals surface area contributed by atoms with Gasteiger partial charge in [-0.1, -0.05) is 36.0 Å². The first kappa shape index (κ1) is 19.4. The van der Waals surface area contributed by atoms with Crippen LogP contribution in [0.4, 0.5) is 10.1 Å². The van der Waals surface area contributed by atoms with Crippen molar-refractivity contribution in [3.8, 4) is 0 Å². The minimum absolute atomic E-state index is 0.113. The first-order valence-corrected chi connectivity index (χ1v) is 9.97. The van der Waals surface area contributed by atoms with Gasteiger partial charge in [0.15, 0.2) is 5.17 Å². The number of nitrogens with two attached hydrogens (primary N) is 2. The number of hydrogen-bond donors (Lipinski definition) is 2. The number of hydrogen-bond acceptors (Lipinski definition) is 5. The molecule has 1 aliphatic rings. The third-order valence-corrected chi connectivity index (χ3v) is 5.65. The number of Topliss-reactive ketones (excluding diaryl/α,β-unsaturated/α-hetero) is 1. The van der Waals surface area contributed by atoms with E-state index in [2.05, 4.69) is 4.99 Å². The van der Waals surface area contributed by atoms with Crippen LogP contribution in [0.15, 0.2) is 47.5 Å². The Morgan fingerprint density at radius 3 is 2.78 bits per heavy atom. The van der Waals surface area contributed by atoms with Gasteiger partial charge in [-0.25, -0.2) is 4.39 Å². The van der Waals surface area contributed by atoms with Crippen LogP contribution >= 0.6 is 11.8 Å². The average molecular weight is 386 g/mol. The van der Waals surface area contributed by atoms with Crippen molar-refractivity contribution in [2.45, 2.75) is 38.1 Å². The zero-order valence-corrected chi connectivity index (χ0v) is 16.2. The smallest absolute Gasteiger partial charge is 0.154 e. The highest BCUT2D eigenvalue weighted by molar-refractivity contribution is 8.13. The lowest BCUT2D eigenvalue weighted by atomic mass is 9.87. The SMILES string of the molecule is C[C@@]1(c2cc(CC(=O)CCc3cccc(N)c3)ccc2F)CCSC(N)=N1. The van der Waals surface area contributed by atoms with Gasteiger partial charge in [-0.3, -0.25) is 9.79 Å². The number of carbonyl (C=O) groups is 1. The molecule has 0 unspecified atom stereocenters. The summed E-state index contributed by atoms with van der Waals surface area (Å²) in [6.45, 7) is 1.89. The number of nitrogens with zero attached hydrogens (tertiary/aromatic N) is 1. The Morgan fingerprint density at radius 1 is 1.22 bits per heavy atom. The van der Waals surface area contributed by atoms with Crippen LogP contribution in [0.25, 0.3) is 0 Å². The zero-order valence-electron chi connectivity index (χ0n) is 15.4. The number of benzene rings is 2. The van der Waals surface area contributed by atoms with Crippen molar-refractivity contribution in [3.63, 3.8) is 0 Å². The first-order chi connectivity index (χ1) is 12.9. The van der Waals surface area contributed by atoms with E-state index in [4.69, 9.17) is 11.5 Å². The van der Waals surface area contributed by atoms with Crippen molar-refractivity contribution in [2.24, 2.45) is 10.7 Å². The van der Waals surface area contributed by atoms with Crippen molar-refractivity contribution < 1.29 is 9.18 Å². The second-order valence-electron chi connectivity index (χ2n) is 7.10. The highest BCUT2D eigenvalue weighted by Crippen LogP contribution is 2.36. The van der Waals surface area contributed by atoms with Crippen molar-refractivity contribution >= 4 is 28.4 Å². The van der Waals surface area contributed by atoms with Crippen molar-refractivity contribution in [1.82, 2.24) is 0 Å². The minimum atomic E-state index is -0.681. The maximum Gasteiger partial charge on any atom is 0.154 e. The lowest BCUT2D eigenvalue weighted by Gasteiger charge is -2.30. The number of thioether (sulfide) groups is 1. The molecule has 0 saturated heterocycles. The van der Waals surface area contributed by atoms with Gasteiger partial charge in [0.2, 0.25) is 0 Å². The van der Waals surface area contributed by atoms with Gasteiger partial charge in [-0.2, -0.15) is 0 Å². The highest BCUT2D eigenvalue weighted by atomic mass is 32.2. The quantitative estimate of drug-likeness (QED) is 0.741. The molecule has 0 saturated carbocycles. The van der Waals surface area contributed by atoms with Crippen LogP contribution in [0, 0.1) is 5.82 Å². The molecule has 0 radical (unpaired) electrons. The van der Waals surface area contributed by atoms with Crippen LogP contribution in [-0.2, 0) is 23.2 Å². The molecule has 0 bridgehead atoms. The molecule has 1 heterocycles. The monoisotopic (exact) mass is 385 g/mol. The van der Waals surface area contributed by atoms with Crippen LogP contribution in [0.2, 0.25) is 0 Å². The Bertz CT molecular complexity index is 883. The maximum absolute atomic E-state index is 14.5. The van der Waals surface area contributed by atoms with Crippen LogP contribution in [-0.4, -0.2) is 16.7 Å². The van der Waals surface area contributed by atoms with E-state index in [1.807, 2.05) is 31.2 Å². The van der Waals surface area contributed by atoms with Gasteiger partial charge >= 0.3 is 0 Å². The summed E-state index contributed by atoms with van der Waals surface area (Å²) in [7, 11) is 0. The minimum Gasteiger partial charge on any atom is -0.399 e.